The molecule has 3 rings (SSSR count). The third kappa shape index (κ3) is 8.21. The van der Waals surface area contributed by atoms with E-state index in [1.807, 2.05) is 26.0 Å². The number of rotatable bonds is 5. The first kappa shape index (κ1) is 26.9. The van der Waals surface area contributed by atoms with Crippen molar-refractivity contribution in [1.82, 2.24) is 0 Å². The SMILES string of the molecule is COc1cc(OC)c(C(F)(F)F)cc1NC(=O)Nc1ccc(C)cc1.Cc1ccc(N=C=O)cc1. The topological polar surface area (TPSA) is 89.0 Å². The van der Waals surface area contributed by atoms with Crippen LogP contribution in [0.5, 0.6) is 11.5 Å². The summed E-state index contributed by atoms with van der Waals surface area (Å²) in [4.78, 5) is 25.3. The number of aliphatic imine (C=N–C) groups is 1. The number of isocyanates is 1. The molecular weight excluding hydrogens is 463 g/mol. The quantitative estimate of drug-likeness (QED) is 0.312. The maximum atomic E-state index is 13.1. The molecule has 2 amide bonds. The number of carbonyl (C=O) groups is 1. The van der Waals surface area contributed by atoms with Crippen molar-refractivity contribution >= 4 is 29.2 Å². The van der Waals surface area contributed by atoms with Crippen molar-refractivity contribution in [2.24, 2.45) is 4.99 Å². The molecule has 7 nitrogen and oxygen atoms in total. The molecule has 184 valence electrons. The number of nitrogens with one attached hydrogen (secondary N) is 2. The van der Waals surface area contributed by atoms with Gasteiger partial charge in [0.05, 0.1) is 31.2 Å². The molecule has 10 heteroatoms. The number of carbonyl (C=O) groups excluding carboxylic acids is 2. The van der Waals surface area contributed by atoms with E-state index in [1.54, 1.807) is 36.4 Å². The van der Waals surface area contributed by atoms with E-state index in [4.69, 9.17) is 9.47 Å². The van der Waals surface area contributed by atoms with E-state index in [0.717, 1.165) is 30.4 Å². The van der Waals surface area contributed by atoms with Crippen molar-refractivity contribution in [2.45, 2.75) is 20.0 Å². The Labute approximate surface area is 200 Å². The summed E-state index contributed by atoms with van der Waals surface area (Å²) in [5.74, 6) is -0.349. The van der Waals surface area contributed by atoms with Crippen LogP contribution in [-0.4, -0.2) is 26.3 Å². The fourth-order valence-corrected chi connectivity index (χ4v) is 2.81. The van der Waals surface area contributed by atoms with Crippen LogP contribution in [0, 0.1) is 13.8 Å². The van der Waals surface area contributed by atoms with Crippen molar-refractivity contribution < 1.29 is 32.2 Å². The number of benzene rings is 3. The average molecular weight is 487 g/mol. The highest BCUT2D eigenvalue weighted by atomic mass is 19.4. The Morgan fingerprint density at radius 1 is 0.857 bits per heavy atom. The fourth-order valence-electron chi connectivity index (χ4n) is 2.81. The summed E-state index contributed by atoms with van der Waals surface area (Å²) in [6.07, 6.45) is -3.16. The number of methoxy groups -OCH3 is 2. The average Bonchev–Trinajstić information content (AvgIpc) is 2.82. The van der Waals surface area contributed by atoms with Gasteiger partial charge in [-0.05, 0) is 44.2 Å². The summed E-state index contributed by atoms with van der Waals surface area (Å²) < 4.78 is 49.2. The number of aryl methyl sites for hydroxylation is 2. The van der Waals surface area contributed by atoms with Crippen molar-refractivity contribution in [3.63, 3.8) is 0 Å². The van der Waals surface area contributed by atoms with Crippen LogP contribution in [-0.2, 0) is 11.0 Å². The van der Waals surface area contributed by atoms with Crippen LogP contribution in [0.2, 0.25) is 0 Å². The molecule has 0 unspecified atom stereocenters. The fraction of sp³-hybridized carbons (Fsp3) is 0.200. The van der Waals surface area contributed by atoms with Gasteiger partial charge in [-0.25, -0.2) is 9.59 Å². The lowest BCUT2D eigenvalue weighted by molar-refractivity contribution is -0.138. The Kier molecular flexibility index (Phi) is 9.43. The van der Waals surface area contributed by atoms with E-state index in [9.17, 15) is 22.8 Å². The molecule has 0 aliphatic rings. The zero-order valence-electron chi connectivity index (χ0n) is 19.5. The van der Waals surface area contributed by atoms with Gasteiger partial charge in [-0.15, -0.1) is 0 Å². The highest BCUT2D eigenvalue weighted by Gasteiger charge is 2.35. The highest BCUT2D eigenvalue weighted by Crippen LogP contribution is 2.41. The molecule has 0 aliphatic carbocycles. The molecule has 3 aromatic carbocycles. The predicted molar refractivity (Wildman–Crippen MR) is 127 cm³/mol. The number of halogens is 3. The van der Waals surface area contributed by atoms with Crippen LogP contribution in [0.4, 0.5) is 35.0 Å². The van der Waals surface area contributed by atoms with Gasteiger partial charge in [0.1, 0.15) is 11.5 Å². The number of nitrogens with zero attached hydrogens (tertiary/aromatic N) is 1. The molecule has 0 saturated carbocycles. The van der Waals surface area contributed by atoms with E-state index >= 15 is 0 Å². The number of anilines is 2. The molecule has 0 atom stereocenters. The summed E-state index contributed by atoms with van der Waals surface area (Å²) in [6, 6.07) is 15.5. The molecule has 0 radical (unpaired) electrons. The number of ether oxygens (including phenoxy) is 2. The molecule has 0 saturated heterocycles. The predicted octanol–water partition coefficient (Wildman–Crippen LogP) is 6.64. The van der Waals surface area contributed by atoms with Crippen LogP contribution in [0.15, 0.2) is 65.7 Å². The molecule has 0 aliphatic heterocycles. The molecule has 0 spiro atoms. The van der Waals surface area contributed by atoms with Crippen molar-refractivity contribution in [2.75, 3.05) is 24.9 Å². The molecule has 0 fully saturated rings. The maximum absolute atomic E-state index is 13.1. The minimum Gasteiger partial charge on any atom is -0.496 e. The van der Waals surface area contributed by atoms with E-state index < -0.39 is 23.5 Å². The molecule has 0 heterocycles. The monoisotopic (exact) mass is 487 g/mol. The lowest BCUT2D eigenvalue weighted by Gasteiger charge is -2.17. The Morgan fingerprint density at radius 2 is 1.40 bits per heavy atom. The first-order valence-corrected chi connectivity index (χ1v) is 10.2. The molecule has 3 aromatic rings. The summed E-state index contributed by atoms with van der Waals surface area (Å²) >= 11 is 0. The van der Waals surface area contributed by atoms with Crippen LogP contribution >= 0.6 is 0 Å². The van der Waals surface area contributed by atoms with E-state index in [-0.39, 0.29) is 11.4 Å². The second-order valence-electron chi connectivity index (χ2n) is 7.23. The Hall–Kier alpha value is -4.30. The molecular formula is C25H24F3N3O4. The smallest absolute Gasteiger partial charge is 0.420 e. The number of hydrogen-bond donors (Lipinski definition) is 2. The number of alkyl halides is 3. The van der Waals surface area contributed by atoms with Gasteiger partial charge in [0, 0.05) is 11.8 Å². The Bertz CT molecular complexity index is 1190. The van der Waals surface area contributed by atoms with Gasteiger partial charge in [-0.2, -0.15) is 18.2 Å². The highest BCUT2D eigenvalue weighted by molar-refractivity contribution is 6.00. The zero-order valence-corrected chi connectivity index (χ0v) is 19.5. The van der Waals surface area contributed by atoms with Crippen LogP contribution in [0.25, 0.3) is 0 Å². The van der Waals surface area contributed by atoms with Crippen molar-refractivity contribution in [3.05, 3.63) is 77.4 Å². The Balaban J connectivity index is 0.000000360. The lowest BCUT2D eigenvalue weighted by atomic mass is 10.1. The van der Waals surface area contributed by atoms with Gasteiger partial charge in [-0.3, -0.25) is 0 Å². The number of amides is 2. The summed E-state index contributed by atoms with van der Waals surface area (Å²) in [6.45, 7) is 3.87. The zero-order chi connectivity index (χ0) is 26.0. The van der Waals surface area contributed by atoms with Gasteiger partial charge in [-0.1, -0.05) is 35.4 Å². The van der Waals surface area contributed by atoms with E-state index in [2.05, 4.69) is 15.6 Å². The van der Waals surface area contributed by atoms with Gasteiger partial charge in [0.15, 0.2) is 0 Å². The number of hydrogen-bond acceptors (Lipinski definition) is 5. The third-order valence-corrected chi connectivity index (χ3v) is 4.59. The number of urea groups is 1. The second-order valence-corrected chi connectivity index (χ2v) is 7.23. The van der Waals surface area contributed by atoms with Crippen molar-refractivity contribution in [3.8, 4) is 11.5 Å². The van der Waals surface area contributed by atoms with Gasteiger partial charge >= 0.3 is 12.2 Å². The van der Waals surface area contributed by atoms with Crippen LogP contribution in [0.3, 0.4) is 0 Å². The molecule has 0 bridgehead atoms. The standard InChI is InChI=1S/C17H17F3N2O3.C8H7NO/c1-10-4-6-11(7-5-10)21-16(23)22-13-8-12(17(18,19)20)14(24-2)9-15(13)25-3;1-7-2-4-8(5-3-7)9-6-10/h4-9H,1-3H3,(H2,21,22,23);2-5H,1H3. The first-order chi connectivity index (χ1) is 16.6. The summed E-state index contributed by atoms with van der Waals surface area (Å²) in [5.41, 5.74) is 2.19. The first-order valence-electron chi connectivity index (χ1n) is 10.2. The minimum absolute atomic E-state index is 0.0453. The van der Waals surface area contributed by atoms with Crippen LogP contribution in [0.1, 0.15) is 16.7 Å². The second kappa shape index (κ2) is 12.2. The van der Waals surface area contributed by atoms with Crippen molar-refractivity contribution in [1.29, 1.82) is 0 Å². The Morgan fingerprint density at radius 3 is 1.89 bits per heavy atom. The minimum atomic E-state index is -4.64. The van der Waals surface area contributed by atoms with E-state index in [0.29, 0.717) is 11.4 Å². The third-order valence-electron chi connectivity index (χ3n) is 4.59. The summed E-state index contributed by atoms with van der Waals surface area (Å²) in [7, 11) is 2.41. The van der Waals surface area contributed by atoms with Gasteiger partial charge in [0.2, 0.25) is 6.08 Å². The molecule has 2 N–H and O–H groups in total. The van der Waals surface area contributed by atoms with Crippen LogP contribution < -0.4 is 20.1 Å². The normalized spacial score (nSPS) is 10.3. The summed E-state index contributed by atoms with van der Waals surface area (Å²) in [5, 5.41) is 4.90. The lowest BCUT2D eigenvalue weighted by Crippen LogP contribution is -2.20. The molecule has 35 heavy (non-hydrogen) atoms. The van der Waals surface area contributed by atoms with E-state index in [1.165, 1.54) is 13.2 Å². The molecule has 0 aromatic heterocycles. The van der Waals surface area contributed by atoms with Gasteiger partial charge < -0.3 is 20.1 Å². The largest absolute Gasteiger partial charge is 0.496 e. The van der Waals surface area contributed by atoms with Gasteiger partial charge in [0.25, 0.3) is 0 Å². The maximum Gasteiger partial charge on any atom is 0.420 e.